The van der Waals surface area contributed by atoms with E-state index in [1.54, 1.807) is 42.5 Å². The van der Waals surface area contributed by atoms with Crippen molar-refractivity contribution in [3.63, 3.8) is 0 Å². The molecule has 0 radical (unpaired) electrons. The van der Waals surface area contributed by atoms with Crippen LogP contribution >= 0.6 is 11.3 Å². The van der Waals surface area contributed by atoms with E-state index in [0.29, 0.717) is 40.6 Å². The summed E-state index contributed by atoms with van der Waals surface area (Å²) in [5.41, 5.74) is 6.58. The monoisotopic (exact) mass is 520 g/mol. The molecule has 0 bridgehead atoms. The van der Waals surface area contributed by atoms with E-state index in [9.17, 15) is 23.2 Å². The summed E-state index contributed by atoms with van der Waals surface area (Å²) in [5, 5.41) is 13.1. The van der Waals surface area contributed by atoms with Crippen LogP contribution in [0.25, 0.3) is 0 Å². The molecule has 9 nitrogen and oxygen atoms in total. The van der Waals surface area contributed by atoms with Gasteiger partial charge in [0.25, 0.3) is 5.91 Å². The van der Waals surface area contributed by atoms with Gasteiger partial charge < -0.3 is 15.8 Å². The van der Waals surface area contributed by atoms with Crippen molar-refractivity contribution in [2.24, 2.45) is 16.8 Å². The highest BCUT2D eigenvalue weighted by Crippen LogP contribution is 2.27. The molecule has 1 aliphatic rings. The third kappa shape index (κ3) is 6.28. The predicted molar refractivity (Wildman–Crippen MR) is 135 cm³/mol. The van der Waals surface area contributed by atoms with Crippen LogP contribution in [-0.2, 0) is 25.4 Å². The Morgan fingerprint density at radius 1 is 1.23 bits per heavy atom. The molecule has 0 aliphatic carbocycles. The number of thiophene rings is 1. The van der Waals surface area contributed by atoms with Crippen molar-refractivity contribution in [3.05, 3.63) is 57.8 Å². The Hall–Kier alpha value is -2.76. The molecule has 1 aliphatic heterocycles. The molecule has 1 aromatic heterocycles. The summed E-state index contributed by atoms with van der Waals surface area (Å²) in [7, 11) is -4.32. The lowest BCUT2D eigenvalue weighted by molar-refractivity contribution is -0.140. The summed E-state index contributed by atoms with van der Waals surface area (Å²) in [4.78, 5) is 29.5. The molecule has 2 atom stereocenters. The van der Waals surface area contributed by atoms with E-state index in [0.717, 1.165) is 4.88 Å². The van der Waals surface area contributed by atoms with Gasteiger partial charge in [0.1, 0.15) is 6.04 Å². The van der Waals surface area contributed by atoms with Gasteiger partial charge in [0.15, 0.2) is 0 Å². The SMILES string of the molecule is Cc1ccc(C(=NO)N(C(=O)[C@@H]2CCCN2C(=O)[C@H](N)CC(C)C)S(=O)(=O)Cc2ccccc2)s1. The van der Waals surface area contributed by atoms with Crippen molar-refractivity contribution >= 4 is 39.0 Å². The summed E-state index contributed by atoms with van der Waals surface area (Å²) in [6, 6.07) is 9.98. The molecular formula is C24H32N4O5S2. The van der Waals surface area contributed by atoms with Crippen LogP contribution in [0.2, 0.25) is 0 Å². The van der Waals surface area contributed by atoms with Gasteiger partial charge in [0.2, 0.25) is 21.8 Å². The maximum absolute atomic E-state index is 13.8. The van der Waals surface area contributed by atoms with Crippen molar-refractivity contribution in [2.75, 3.05) is 6.54 Å². The maximum Gasteiger partial charge on any atom is 0.264 e. The summed E-state index contributed by atoms with van der Waals surface area (Å²) in [6.45, 7) is 6.02. The fraction of sp³-hybridized carbons (Fsp3) is 0.458. The minimum atomic E-state index is -4.32. The fourth-order valence-corrected chi connectivity index (χ4v) is 6.65. The van der Waals surface area contributed by atoms with Crippen molar-refractivity contribution in [1.29, 1.82) is 0 Å². The number of benzene rings is 1. The Bertz CT molecular complexity index is 1180. The normalized spacial score (nSPS) is 17.6. The average molecular weight is 521 g/mol. The molecule has 0 saturated carbocycles. The van der Waals surface area contributed by atoms with Crippen LogP contribution in [0.5, 0.6) is 0 Å². The van der Waals surface area contributed by atoms with Crippen LogP contribution < -0.4 is 5.73 Å². The number of amidine groups is 1. The summed E-state index contributed by atoms with van der Waals surface area (Å²) < 4.78 is 27.8. The average Bonchev–Trinajstić information content (AvgIpc) is 3.45. The van der Waals surface area contributed by atoms with Gasteiger partial charge in [-0.05, 0) is 49.8 Å². The Balaban J connectivity index is 2.01. The number of nitrogens with two attached hydrogens (primary N) is 1. The third-order valence-electron chi connectivity index (χ3n) is 5.78. The van der Waals surface area contributed by atoms with Crippen LogP contribution in [-0.4, -0.2) is 59.1 Å². The summed E-state index contributed by atoms with van der Waals surface area (Å²) in [6.07, 6.45) is 1.27. The number of carbonyl (C=O) groups is 2. The third-order valence-corrected chi connectivity index (χ3v) is 8.39. The zero-order chi connectivity index (χ0) is 25.8. The van der Waals surface area contributed by atoms with Crippen molar-refractivity contribution in [3.8, 4) is 0 Å². The maximum atomic E-state index is 13.8. The first-order valence-electron chi connectivity index (χ1n) is 11.5. The second-order valence-corrected chi connectivity index (χ2v) is 12.2. The standard InChI is InChI=1S/C24H32N4O5S2/c1-16(2)14-19(25)23(29)27-13-7-10-20(27)24(30)28(22(26-31)21-12-11-17(3)34-21)35(32,33)15-18-8-5-4-6-9-18/h4-6,8-9,11-12,16,19-20,31H,7,10,13-15,25H2,1-3H3/t19-,20+/m1/s1. The minimum absolute atomic E-state index is 0.184. The zero-order valence-corrected chi connectivity index (χ0v) is 21.8. The number of aryl methyl sites for hydroxylation is 1. The van der Waals surface area contributed by atoms with Gasteiger partial charge in [-0.2, -0.15) is 4.31 Å². The first-order chi connectivity index (χ1) is 16.5. The molecule has 1 fully saturated rings. The number of rotatable bonds is 8. The van der Waals surface area contributed by atoms with Crippen LogP contribution in [0.1, 0.15) is 48.4 Å². The second-order valence-electron chi connectivity index (χ2n) is 9.10. The van der Waals surface area contributed by atoms with E-state index in [-0.39, 0.29) is 17.7 Å². The number of carbonyl (C=O) groups excluding carboxylic acids is 2. The lowest BCUT2D eigenvalue weighted by Crippen LogP contribution is -2.55. The predicted octanol–water partition coefficient (Wildman–Crippen LogP) is 2.92. The molecule has 1 saturated heterocycles. The van der Waals surface area contributed by atoms with Crippen LogP contribution in [0.15, 0.2) is 47.6 Å². The number of hydrogen-bond acceptors (Lipinski definition) is 8. The molecule has 0 unspecified atom stereocenters. The first kappa shape index (κ1) is 26.8. The number of oxime groups is 1. The Labute approximate surface area is 210 Å². The largest absolute Gasteiger partial charge is 0.409 e. The van der Waals surface area contributed by atoms with Gasteiger partial charge in [0, 0.05) is 11.4 Å². The summed E-state index contributed by atoms with van der Waals surface area (Å²) in [5.74, 6) is -1.89. The minimum Gasteiger partial charge on any atom is -0.409 e. The first-order valence-corrected chi connectivity index (χ1v) is 13.9. The van der Waals surface area contributed by atoms with Gasteiger partial charge in [-0.1, -0.05) is 49.3 Å². The molecule has 3 rings (SSSR count). The van der Waals surface area contributed by atoms with E-state index in [4.69, 9.17) is 5.73 Å². The van der Waals surface area contributed by atoms with E-state index in [2.05, 4.69) is 5.16 Å². The smallest absolute Gasteiger partial charge is 0.264 e. The Kier molecular flexibility index (Phi) is 8.68. The molecule has 1 aromatic carbocycles. The van der Waals surface area contributed by atoms with Crippen molar-refractivity contribution < 1.29 is 23.2 Å². The molecule has 3 N–H and O–H groups in total. The van der Waals surface area contributed by atoms with Crippen LogP contribution in [0, 0.1) is 12.8 Å². The number of amides is 2. The zero-order valence-electron chi connectivity index (χ0n) is 20.1. The highest BCUT2D eigenvalue weighted by Gasteiger charge is 2.44. The fourth-order valence-electron chi connectivity index (χ4n) is 4.21. The molecule has 35 heavy (non-hydrogen) atoms. The topological polar surface area (TPSA) is 133 Å². The van der Waals surface area contributed by atoms with Crippen molar-refractivity contribution in [2.45, 2.75) is 57.9 Å². The van der Waals surface area contributed by atoms with Gasteiger partial charge >= 0.3 is 0 Å². The van der Waals surface area contributed by atoms with E-state index in [1.807, 2.05) is 20.8 Å². The molecule has 0 spiro atoms. The molecule has 2 heterocycles. The van der Waals surface area contributed by atoms with Crippen LogP contribution in [0.3, 0.4) is 0 Å². The van der Waals surface area contributed by atoms with Gasteiger partial charge in [0.05, 0.1) is 16.7 Å². The van der Waals surface area contributed by atoms with E-state index in [1.165, 1.54) is 16.2 Å². The number of likely N-dealkylation sites (tertiary alicyclic amines) is 1. The number of hydrogen-bond donors (Lipinski definition) is 2. The second kappa shape index (κ2) is 11.3. The molecule has 190 valence electrons. The van der Waals surface area contributed by atoms with Gasteiger partial charge in [-0.15, -0.1) is 11.3 Å². The highest BCUT2D eigenvalue weighted by molar-refractivity contribution is 7.89. The molecule has 11 heteroatoms. The molecule has 2 amide bonds. The lowest BCUT2D eigenvalue weighted by Gasteiger charge is -2.31. The Morgan fingerprint density at radius 2 is 1.91 bits per heavy atom. The molecular weight excluding hydrogens is 488 g/mol. The number of sulfonamides is 1. The quantitative estimate of drug-likeness (QED) is 0.238. The number of nitrogens with zero attached hydrogens (tertiary/aromatic N) is 3. The van der Waals surface area contributed by atoms with E-state index < -0.39 is 33.8 Å². The summed E-state index contributed by atoms with van der Waals surface area (Å²) >= 11 is 1.20. The van der Waals surface area contributed by atoms with Crippen LogP contribution in [0.4, 0.5) is 0 Å². The molecule has 2 aromatic rings. The lowest BCUT2D eigenvalue weighted by atomic mass is 10.0. The van der Waals surface area contributed by atoms with Gasteiger partial charge in [-0.25, -0.2) is 8.42 Å². The Morgan fingerprint density at radius 3 is 2.49 bits per heavy atom. The van der Waals surface area contributed by atoms with Crippen molar-refractivity contribution in [1.82, 2.24) is 9.21 Å². The van der Waals surface area contributed by atoms with Gasteiger partial charge in [-0.3, -0.25) is 9.59 Å². The highest BCUT2D eigenvalue weighted by atomic mass is 32.2. The van der Waals surface area contributed by atoms with E-state index >= 15 is 0 Å².